The Morgan fingerprint density at radius 2 is 2.17 bits per heavy atom. The Kier molecular flexibility index (Phi) is 4.66. The molecular formula is C18H21N3O2S. The molecule has 3 rings (SSSR count). The van der Waals surface area contributed by atoms with E-state index in [4.69, 9.17) is 0 Å². The van der Waals surface area contributed by atoms with Crippen LogP contribution in [-0.2, 0) is 4.79 Å². The Morgan fingerprint density at radius 3 is 2.79 bits per heavy atom. The van der Waals surface area contributed by atoms with Crippen molar-refractivity contribution in [3.63, 3.8) is 0 Å². The average molecular weight is 343 g/mol. The van der Waals surface area contributed by atoms with Crippen molar-refractivity contribution in [1.82, 2.24) is 10.3 Å². The predicted molar refractivity (Wildman–Crippen MR) is 95.5 cm³/mol. The summed E-state index contributed by atoms with van der Waals surface area (Å²) in [5.74, 6) is -0.0924. The minimum absolute atomic E-state index is 0.0801. The Bertz CT molecular complexity index is 784. The molecular weight excluding hydrogens is 322 g/mol. The maximum absolute atomic E-state index is 12.8. The molecule has 0 aliphatic carbocycles. The summed E-state index contributed by atoms with van der Waals surface area (Å²) in [6, 6.07) is 5.48. The lowest BCUT2D eigenvalue weighted by Crippen LogP contribution is -2.31. The molecule has 6 heteroatoms. The topological polar surface area (TPSA) is 62.3 Å². The van der Waals surface area contributed by atoms with Gasteiger partial charge in [0.1, 0.15) is 5.01 Å². The molecule has 1 aliphatic rings. The van der Waals surface area contributed by atoms with Crippen LogP contribution in [0.4, 0.5) is 5.69 Å². The standard InChI is InChI=1S/C18H21N3O2S/c1-11-6-7-15(21-8-4-5-16(21)22)14(9-11)17(23)20-13(3)18-19-12(2)10-24-18/h6-7,9-10,13H,4-5,8H2,1-3H3,(H,20,23)/t13-/m0/s1. The van der Waals surface area contributed by atoms with Crippen LogP contribution in [0.15, 0.2) is 23.6 Å². The molecule has 2 aromatic rings. The second-order valence-corrected chi connectivity index (χ2v) is 7.08. The fourth-order valence-corrected chi connectivity index (χ4v) is 3.68. The zero-order valence-electron chi connectivity index (χ0n) is 14.1. The van der Waals surface area contributed by atoms with Crippen molar-refractivity contribution in [3.05, 3.63) is 45.4 Å². The Hall–Kier alpha value is -2.21. The number of benzene rings is 1. The van der Waals surface area contributed by atoms with E-state index in [0.29, 0.717) is 24.2 Å². The van der Waals surface area contributed by atoms with Crippen LogP contribution in [-0.4, -0.2) is 23.3 Å². The number of hydrogen-bond donors (Lipinski definition) is 1. The highest BCUT2D eigenvalue weighted by Gasteiger charge is 2.26. The van der Waals surface area contributed by atoms with E-state index in [0.717, 1.165) is 22.7 Å². The van der Waals surface area contributed by atoms with E-state index in [1.807, 2.05) is 44.4 Å². The molecule has 0 bridgehead atoms. The van der Waals surface area contributed by atoms with Crippen LogP contribution < -0.4 is 10.2 Å². The van der Waals surface area contributed by atoms with Gasteiger partial charge in [0.2, 0.25) is 5.91 Å². The molecule has 0 saturated carbocycles. The van der Waals surface area contributed by atoms with Crippen LogP contribution in [0.3, 0.4) is 0 Å². The highest BCUT2D eigenvalue weighted by molar-refractivity contribution is 7.09. The number of anilines is 1. The van der Waals surface area contributed by atoms with Gasteiger partial charge < -0.3 is 10.2 Å². The summed E-state index contributed by atoms with van der Waals surface area (Å²) in [7, 11) is 0. The zero-order valence-corrected chi connectivity index (χ0v) is 14.9. The minimum Gasteiger partial charge on any atom is -0.343 e. The number of nitrogens with zero attached hydrogens (tertiary/aromatic N) is 2. The van der Waals surface area contributed by atoms with E-state index in [2.05, 4.69) is 10.3 Å². The predicted octanol–water partition coefficient (Wildman–Crippen LogP) is 3.38. The van der Waals surface area contributed by atoms with E-state index in [1.165, 1.54) is 11.3 Å². The second-order valence-electron chi connectivity index (χ2n) is 6.19. The van der Waals surface area contributed by atoms with Gasteiger partial charge >= 0.3 is 0 Å². The summed E-state index contributed by atoms with van der Waals surface area (Å²) >= 11 is 1.54. The number of hydrogen-bond acceptors (Lipinski definition) is 4. The lowest BCUT2D eigenvalue weighted by Gasteiger charge is -2.21. The first-order chi connectivity index (χ1) is 11.5. The highest BCUT2D eigenvalue weighted by atomic mass is 32.1. The number of rotatable bonds is 4. The number of aryl methyl sites for hydroxylation is 2. The van der Waals surface area contributed by atoms with Crippen LogP contribution in [0.25, 0.3) is 0 Å². The Morgan fingerprint density at radius 1 is 1.38 bits per heavy atom. The third kappa shape index (κ3) is 3.33. The number of carbonyl (C=O) groups is 2. The van der Waals surface area contributed by atoms with Gasteiger partial charge in [0.25, 0.3) is 5.91 Å². The van der Waals surface area contributed by atoms with Gasteiger partial charge in [-0.1, -0.05) is 11.6 Å². The van der Waals surface area contributed by atoms with Crippen LogP contribution in [0.5, 0.6) is 0 Å². The molecule has 1 aromatic heterocycles. The first-order valence-electron chi connectivity index (χ1n) is 8.09. The Labute approximate surface area is 145 Å². The third-order valence-corrected chi connectivity index (χ3v) is 5.26. The largest absolute Gasteiger partial charge is 0.343 e. The van der Waals surface area contributed by atoms with Gasteiger partial charge in [-0.25, -0.2) is 4.98 Å². The van der Waals surface area contributed by atoms with Crippen LogP contribution in [0, 0.1) is 13.8 Å². The zero-order chi connectivity index (χ0) is 17.3. The van der Waals surface area contributed by atoms with Crippen molar-refractivity contribution < 1.29 is 9.59 Å². The lowest BCUT2D eigenvalue weighted by molar-refractivity contribution is -0.117. The molecule has 1 atom stereocenters. The van der Waals surface area contributed by atoms with Crippen LogP contribution in [0.2, 0.25) is 0 Å². The quantitative estimate of drug-likeness (QED) is 0.926. The smallest absolute Gasteiger partial charge is 0.253 e. The number of thiazole rings is 1. The summed E-state index contributed by atoms with van der Waals surface area (Å²) in [5.41, 5.74) is 3.19. The molecule has 1 fully saturated rings. The van der Waals surface area contributed by atoms with Crippen LogP contribution in [0.1, 0.15) is 52.4 Å². The Balaban J connectivity index is 1.86. The molecule has 126 valence electrons. The number of aromatic nitrogens is 1. The average Bonchev–Trinajstić information content (AvgIpc) is 3.16. The number of amides is 2. The fourth-order valence-electron chi connectivity index (χ4n) is 2.88. The first kappa shape index (κ1) is 16.6. The molecule has 1 saturated heterocycles. The fraction of sp³-hybridized carbons (Fsp3) is 0.389. The van der Waals surface area contributed by atoms with E-state index < -0.39 is 0 Å². The van der Waals surface area contributed by atoms with E-state index >= 15 is 0 Å². The summed E-state index contributed by atoms with van der Waals surface area (Å²) in [6.07, 6.45) is 1.38. The third-order valence-electron chi connectivity index (χ3n) is 4.12. The van der Waals surface area contributed by atoms with Gasteiger partial charge in [-0.05, 0) is 39.3 Å². The second kappa shape index (κ2) is 6.73. The molecule has 0 unspecified atom stereocenters. The van der Waals surface area contributed by atoms with Gasteiger partial charge in [0, 0.05) is 24.0 Å². The van der Waals surface area contributed by atoms with E-state index in [9.17, 15) is 9.59 Å². The van der Waals surface area contributed by atoms with E-state index in [1.54, 1.807) is 4.90 Å². The molecule has 0 radical (unpaired) electrons. The molecule has 5 nitrogen and oxygen atoms in total. The van der Waals surface area contributed by atoms with Crippen molar-refractivity contribution in [3.8, 4) is 0 Å². The van der Waals surface area contributed by atoms with Gasteiger partial charge in [-0.15, -0.1) is 11.3 Å². The molecule has 1 aromatic carbocycles. The van der Waals surface area contributed by atoms with Crippen LogP contribution >= 0.6 is 11.3 Å². The van der Waals surface area contributed by atoms with Crippen molar-refractivity contribution >= 4 is 28.8 Å². The molecule has 1 N–H and O–H groups in total. The van der Waals surface area contributed by atoms with Crippen molar-refractivity contribution in [2.45, 2.75) is 39.7 Å². The van der Waals surface area contributed by atoms with Gasteiger partial charge in [-0.2, -0.15) is 0 Å². The van der Waals surface area contributed by atoms with Crippen molar-refractivity contribution in [1.29, 1.82) is 0 Å². The maximum atomic E-state index is 12.8. The van der Waals surface area contributed by atoms with Gasteiger partial charge in [-0.3, -0.25) is 9.59 Å². The normalized spacial score (nSPS) is 15.6. The summed E-state index contributed by atoms with van der Waals surface area (Å²) in [4.78, 5) is 31.0. The molecule has 1 aliphatic heterocycles. The van der Waals surface area contributed by atoms with E-state index in [-0.39, 0.29) is 17.9 Å². The SMILES string of the molecule is Cc1ccc(N2CCCC2=O)c(C(=O)N[C@@H](C)c2nc(C)cs2)c1. The molecule has 2 amide bonds. The summed E-state index contributed by atoms with van der Waals surface area (Å²) < 4.78 is 0. The highest BCUT2D eigenvalue weighted by Crippen LogP contribution is 2.27. The summed E-state index contributed by atoms with van der Waals surface area (Å²) in [6.45, 7) is 6.47. The molecule has 2 heterocycles. The lowest BCUT2D eigenvalue weighted by atomic mass is 10.1. The summed E-state index contributed by atoms with van der Waals surface area (Å²) in [5, 5.41) is 5.86. The van der Waals surface area contributed by atoms with Crippen molar-refractivity contribution in [2.75, 3.05) is 11.4 Å². The first-order valence-corrected chi connectivity index (χ1v) is 8.97. The monoisotopic (exact) mass is 343 g/mol. The minimum atomic E-state index is -0.172. The van der Waals surface area contributed by atoms with Crippen molar-refractivity contribution in [2.24, 2.45) is 0 Å². The number of nitrogens with one attached hydrogen (secondary N) is 1. The van der Waals surface area contributed by atoms with Gasteiger partial charge in [0.15, 0.2) is 0 Å². The molecule has 24 heavy (non-hydrogen) atoms. The number of carbonyl (C=O) groups excluding carboxylic acids is 2. The maximum Gasteiger partial charge on any atom is 0.253 e. The molecule has 0 spiro atoms. The van der Waals surface area contributed by atoms with Gasteiger partial charge in [0.05, 0.1) is 17.3 Å².